The zero-order valence-electron chi connectivity index (χ0n) is 10.6. The molecule has 0 unspecified atom stereocenters. The van der Waals surface area contributed by atoms with Crippen molar-refractivity contribution in [3.05, 3.63) is 34.3 Å². The molecule has 0 atom stereocenters. The number of primary amides is 1. The summed E-state index contributed by atoms with van der Waals surface area (Å²) in [6.45, 7) is 1.39. The van der Waals surface area contributed by atoms with E-state index in [1.807, 2.05) is 18.2 Å². The fraction of sp³-hybridized carbons (Fsp3) is 0.429. The lowest BCUT2D eigenvalue weighted by Gasteiger charge is -2.32. The molecule has 0 radical (unpaired) electrons. The molecule has 0 saturated carbocycles. The van der Waals surface area contributed by atoms with Gasteiger partial charge in [0.15, 0.2) is 0 Å². The predicted octanol–water partition coefficient (Wildman–Crippen LogP) is 2.03. The Morgan fingerprint density at radius 1 is 1.26 bits per heavy atom. The van der Waals surface area contributed by atoms with Crippen LogP contribution >= 0.6 is 15.9 Å². The van der Waals surface area contributed by atoms with Gasteiger partial charge in [0.05, 0.1) is 0 Å². The first kappa shape index (κ1) is 14.1. The van der Waals surface area contributed by atoms with Crippen LogP contribution in [0.4, 0.5) is 0 Å². The first-order chi connectivity index (χ1) is 9.08. The number of piperidine rings is 1. The second-order valence-electron chi connectivity index (χ2n) is 4.82. The smallest absolute Gasteiger partial charge is 0.231 e. The highest BCUT2D eigenvalue weighted by Crippen LogP contribution is 2.32. The monoisotopic (exact) mass is 324 g/mol. The van der Waals surface area contributed by atoms with Gasteiger partial charge < -0.3 is 10.6 Å². The molecule has 1 heterocycles. The highest BCUT2D eigenvalue weighted by molar-refractivity contribution is 9.10. The van der Waals surface area contributed by atoms with Gasteiger partial charge in [-0.1, -0.05) is 34.1 Å². The van der Waals surface area contributed by atoms with Crippen LogP contribution in [0.5, 0.6) is 0 Å². The van der Waals surface area contributed by atoms with Crippen LogP contribution in [0.3, 0.4) is 0 Å². The first-order valence-corrected chi connectivity index (χ1v) is 7.17. The average molecular weight is 325 g/mol. The first-order valence-electron chi connectivity index (χ1n) is 6.38. The number of hydrogen-bond acceptors (Lipinski definition) is 2. The van der Waals surface area contributed by atoms with Crippen LogP contribution in [-0.4, -0.2) is 29.8 Å². The van der Waals surface area contributed by atoms with Gasteiger partial charge >= 0.3 is 0 Å². The Morgan fingerprint density at radius 2 is 1.89 bits per heavy atom. The molecule has 1 saturated heterocycles. The molecule has 2 amide bonds. The van der Waals surface area contributed by atoms with Gasteiger partial charge in [-0.25, -0.2) is 0 Å². The summed E-state index contributed by atoms with van der Waals surface area (Å²) in [5, 5.41) is 0. The van der Waals surface area contributed by atoms with E-state index in [0.717, 1.165) is 17.3 Å². The van der Waals surface area contributed by atoms with Crippen molar-refractivity contribution in [1.82, 2.24) is 4.90 Å². The lowest BCUT2D eigenvalue weighted by molar-refractivity contribution is -0.135. The van der Waals surface area contributed by atoms with Gasteiger partial charge in [0, 0.05) is 17.6 Å². The Labute approximate surface area is 121 Å². The van der Waals surface area contributed by atoms with Crippen molar-refractivity contribution in [1.29, 1.82) is 0 Å². The zero-order valence-corrected chi connectivity index (χ0v) is 12.2. The van der Waals surface area contributed by atoms with E-state index in [1.54, 1.807) is 4.90 Å². The molecule has 0 spiro atoms. The molecule has 1 aliphatic heterocycles. The predicted molar refractivity (Wildman–Crippen MR) is 76.5 cm³/mol. The molecule has 1 fully saturated rings. The summed E-state index contributed by atoms with van der Waals surface area (Å²) in [5.74, 6) is -0.246. The van der Waals surface area contributed by atoms with E-state index >= 15 is 0 Å². The number of hydrogen-bond donors (Lipinski definition) is 1. The van der Waals surface area contributed by atoms with Crippen LogP contribution in [-0.2, 0) is 9.59 Å². The number of rotatable bonds is 3. The van der Waals surface area contributed by atoms with Crippen molar-refractivity contribution < 1.29 is 9.59 Å². The van der Waals surface area contributed by atoms with Crippen molar-refractivity contribution in [3.63, 3.8) is 0 Å². The van der Waals surface area contributed by atoms with Crippen molar-refractivity contribution in [2.45, 2.75) is 25.2 Å². The molecule has 1 aromatic carbocycles. The van der Waals surface area contributed by atoms with E-state index in [1.165, 1.54) is 5.56 Å². The summed E-state index contributed by atoms with van der Waals surface area (Å²) in [5.41, 5.74) is 6.34. The second kappa shape index (κ2) is 6.19. The van der Waals surface area contributed by atoms with E-state index in [-0.39, 0.29) is 12.3 Å². The lowest BCUT2D eigenvalue weighted by atomic mass is 9.89. The highest BCUT2D eigenvalue weighted by atomic mass is 79.9. The number of likely N-dealkylation sites (tertiary alicyclic amines) is 1. The van der Waals surface area contributed by atoms with Crippen LogP contribution < -0.4 is 5.73 Å². The van der Waals surface area contributed by atoms with Gasteiger partial charge in [-0.05, 0) is 30.4 Å². The summed E-state index contributed by atoms with van der Waals surface area (Å²) in [4.78, 5) is 24.2. The van der Waals surface area contributed by atoms with Gasteiger partial charge in [-0.15, -0.1) is 0 Å². The van der Waals surface area contributed by atoms with Crippen LogP contribution in [0.1, 0.15) is 30.7 Å². The molecule has 0 bridgehead atoms. The molecule has 102 valence electrons. The topological polar surface area (TPSA) is 63.4 Å². The minimum atomic E-state index is -0.557. The van der Waals surface area contributed by atoms with Gasteiger partial charge in [0.2, 0.25) is 11.8 Å². The van der Waals surface area contributed by atoms with E-state index in [0.29, 0.717) is 19.0 Å². The molecule has 1 aromatic rings. The summed E-state index contributed by atoms with van der Waals surface area (Å²) in [6.07, 6.45) is 1.67. The second-order valence-corrected chi connectivity index (χ2v) is 5.67. The standard InChI is InChI=1S/C14H17BrN2O2/c15-12-4-2-1-3-11(12)10-5-7-17(8-6-10)14(19)9-13(16)18/h1-4,10H,5-9H2,(H2,16,18). The molecule has 4 nitrogen and oxygen atoms in total. The third-order valence-electron chi connectivity index (χ3n) is 3.52. The molecule has 0 aliphatic carbocycles. The number of carbonyl (C=O) groups excluding carboxylic acids is 2. The van der Waals surface area contributed by atoms with Gasteiger partial charge in [-0.3, -0.25) is 9.59 Å². The molecule has 2 rings (SSSR count). The molecule has 0 aromatic heterocycles. The SMILES string of the molecule is NC(=O)CC(=O)N1CCC(c2ccccc2Br)CC1. The molecular weight excluding hydrogens is 308 g/mol. The minimum Gasteiger partial charge on any atom is -0.369 e. The summed E-state index contributed by atoms with van der Waals surface area (Å²) in [7, 11) is 0. The van der Waals surface area contributed by atoms with E-state index < -0.39 is 5.91 Å². The van der Waals surface area contributed by atoms with Gasteiger partial charge in [0.25, 0.3) is 0 Å². The van der Waals surface area contributed by atoms with Crippen molar-refractivity contribution >= 4 is 27.7 Å². The Balaban J connectivity index is 1.94. The van der Waals surface area contributed by atoms with Crippen LogP contribution in [0.25, 0.3) is 0 Å². The third kappa shape index (κ3) is 3.56. The molecule has 1 aliphatic rings. The number of halogens is 1. The fourth-order valence-electron chi connectivity index (χ4n) is 2.51. The molecule has 5 heteroatoms. The fourth-order valence-corrected chi connectivity index (χ4v) is 3.12. The Kier molecular flexibility index (Phi) is 4.58. The maximum atomic E-state index is 11.7. The van der Waals surface area contributed by atoms with E-state index in [9.17, 15) is 9.59 Å². The van der Waals surface area contributed by atoms with Crippen molar-refractivity contribution in [2.24, 2.45) is 5.73 Å². The number of benzene rings is 1. The number of nitrogens with two attached hydrogens (primary N) is 1. The normalized spacial score (nSPS) is 16.4. The minimum absolute atomic E-state index is 0.155. The third-order valence-corrected chi connectivity index (χ3v) is 4.24. The zero-order chi connectivity index (χ0) is 13.8. The van der Waals surface area contributed by atoms with Crippen molar-refractivity contribution in [3.8, 4) is 0 Å². The molecule has 2 N–H and O–H groups in total. The molecule has 19 heavy (non-hydrogen) atoms. The quantitative estimate of drug-likeness (QED) is 0.865. The lowest BCUT2D eigenvalue weighted by Crippen LogP contribution is -2.39. The summed E-state index contributed by atoms with van der Waals surface area (Å²) < 4.78 is 1.12. The largest absolute Gasteiger partial charge is 0.369 e. The maximum absolute atomic E-state index is 11.7. The summed E-state index contributed by atoms with van der Waals surface area (Å²) in [6, 6.07) is 8.19. The number of nitrogens with zero attached hydrogens (tertiary/aromatic N) is 1. The van der Waals surface area contributed by atoms with Gasteiger partial charge in [0.1, 0.15) is 6.42 Å². The highest BCUT2D eigenvalue weighted by Gasteiger charge is 2.25. The van der Waals surface area contributed by atoms with E-state index in [4.69, 9.17) is 5.73 Å². The van der Waals surface area contributed by atoms with E-state index in [2.05, 4.69) is 22.0 Å². The molecular formula is C14H17BrN2O2. The van der Waals surface area contributed by atoms with Crippen LogP contribution in [0, 0.1) is 0 Å². The Morgan fingerprint density at radius 3 is 2.47 bits per heavy atom. The van der Waals surface area contributed by atoms with Crippen LogP contribution in [0.2, 0.25) is 0 Å². The van der Waals surface area contributed by atoms with Gasteiger partial charge in [-0.2, -0.15) is 0 Å². The summed E-state index contributed by atoms with van der Waals surface area (Å²) >= 11 is 3.57. The average Bonchev–Trinajstić information content (AvgIpc) is 2.39. The maximum Gasteiger partial charge on any atom is 0.231 e. The number of carbonyl (C=O) groups is 2. The van der Waals surface area contributed by atoms with Crippen LogP contribution in [0.15, 0.2) is 28.7 Å². The number of amides is 2. The van der Waals surface area contributed by atoms with Crippen molar-refractivity contribution in [2.75, 3.05) is 13.1 Å². The Bertz CT molecular complexity index is 482. The Hall–Kier alpha value is -1.36.